The summed E-state index contributed by atoms with van der Waals surface area (Å²) in [4.78, 5) is 33.4. The molecular formula is C34H48N11O8P. The summed E-state index contributed by atoms with van der Waals surface area (Å²) in [5.74, 6) is 1.41. The first-order chi connectivity index (χ1) is 25.9. The standard InChI is InChI=1S/C34H45N11O4.H3O4P/c1-23-18-43(19-24(2)48-23)29-8-10-30(11-9-29)45-21-31(33(40-45)47-13-5-12-46-4)39-34-36-16-28(17-37-34)26-6-7-27(15-35)32(14-26)49-25(3)20-44-22-38-41-42-44;1-5(2,3)4/h6-7,14,16-17,21-25,29-30H,5,8-13,18-20H2,1-4H3,(H,36,37,39);(H3,1,2,3,4)/t23-,24+,25-,29?,30?;/m0./s1. The van der Waals surface area contributed by atoms with Crippen molar-refractivity contribution in [2.45, 2.75) is 89.8 Å². The first kappa shape index (κ1) is 40.6. The molecule has 292 valence electrons. The van der Waals surface area contributed by atoms with E-state index in [4.69, 9.17) is 43.3 Å². The average molecular weight is 770 g/mol. The van der Waals surface area contributed by atoms with Crippen LogP contribution in [-0.2, 0) is 20.6 Å². The van der Waals surface area contributed by atoms with Crippen LogP contribution in [0, 0.1) is 11.3 Å². The molecule has 4 N–H and O–H groups in total. The SMILES string of the molecule is COCCCOc1nn(C2CCC(N3C[C@@H](C)O[C@@H](C)C3)CC2)cc1Nc1ncc(-c2ccc(C#N)c(O[C@@H](C)Cn3cnnn3)c2)cn1.O=P(O)(O)O. The van der Waals surface area contributed by atoms with E-state index in [0.29, 0.717) is 54.6 Å². The lowest BCUT2D eigenvalue weighted by atomic mass is 9.89. The average Bonchev–Trinajstić information content (AvgIpc) is 3.79. The second-order valence-electron chi connectivity index (χ2n) is 13.4. The normalized spacial score (nSPS) is 21.0. The van der Waals surface area contributed by atoms with E-state index < -0.39 is 7.82 Å². The molecule has 1 aliphatic carbocycles. The number of anilines is 2. The minimum atomic E-state index is -4.64. The molecule has 0 amide bonds. The smallest absolute Gasteiger partial charge is 0.466 e. The highest BCUT2D eigenvalue weighted by Crippen LogP contribution is 2.36. The van der Waals surface area contributed by atoms with Gasteiger partial charge >= 0.3 is 7.82 Å². The molecule has 20 heteroatoms. The van der Waals surface area contributed by atoms with Crippen molar-refractivity contribution in [3.05, 3.63) is 48.7 Å². The summed E-state index contributed by atoms with van der Waals surface area (Å²) >= 11 is 0. The Hall–Kier alpha value is -4.54. The van der Waals surface area contributed by atoms with Crippen LogP contribution in [0.2, 0.25) is 0 Å². The van der Waals surface area contributed by atoms with Crippen LogP contribution in [0.3, 0.4) is 0 Å². The summed E-state index contributed by atoms with van der Waals surface area (Å²) in [6, 6.07) is 8.48. The molecule has 6 rings (SSSR count). The van der Waals surface area contributed by atoms with Gasteiger partial charge in [0.25, 0.3) is 5.88 Å². The van der Waals surface area contributed by atoms with E-state index in [-0.39, 0.29) is 24.4 Å². The van der Waals surface area contributed by atoms with Crippen LogP contribution in [0.5, 0.6) is 11.6 Å². The Kier molecular flexibility index (Phi) is 14.4. The van der Waals surface area contributed by atoms with Gasteiger partial charge in [-0.15, -0.1) is 10.2 Å². The predicted molar refractivity (Wildman–Crippen MR) is 195 cm³/mol. The Morgan fingerprint density at radius 3 is 2.37 bits per heavy atom. The fourth-order valence-corrected chi connectivity index (χ4v) is 6.67. The fourth-order valence-electron chi connectivity index (χ4n) is 6.67. The number of ether oxygens (including phenoxy) is 4. The van der Waals surface area contributed by atoms with E-state index >= 15 is 0 Å². The molecule has 0 unspecified atom stereocenters. The largest absolute Gasteiger partial charge is 0.487 e. The quantitative estimate of drug-likeness (QED) is 0.106. The summed E-state index contributed by atoms with van der Waals surface area (Å²) in [7, 11) is -2.96. The third-order valence-corrected chi connectivity index (χ3v) is 8.93. The molecule has 3 aromatic heterocycles. The van der Waals surface area contributed by atoms with Crippen LogP contribution in [-0.4, -0.2) is 117 Å². The molecule has 0 spiro atoms. The van der Waals surface area contributed by atoms with Crippen molar-refractivity contribution in [1.29, 1.82) is 5.26 Å². The molecule has 1 saturated heterocycles. The van der Waals surface area contributed by atoms with Gasteiger partial charge in [0.1, 0.15) is 29.9 Å². The van der Waals surface area contributed by atoms with Gasteiger partial charge < -0.3 is 38.9 Å². The van der Waals surface area contributed by atoms with Crippen LogP contribution in [0.25, 0.3) is 11.1 Å². The highest BCUT2D eigenvalue weighted by Gasteiger charge is 2.32. The van der Waals surface area contributed by atoms with Crippen molar-refractivity contribution < 1.29 is 38.2 Å². The Bertz CT molecular complexity index is 1820. The number of nitrogens with zero attached hydrogens (tertiary/aromatic N) is 10. The number of hydrogen-bond donors (Lipinski definition) is 4. The van der Waals surface area contributed by atoms with Crippen LogP contribution in [0.15, 0.2) is 43.1 Å². The number of methoxy groups -OCH3 is 1. The molecule has 0 radical (unpaired) electrons. The Labute approximate surface area is 313 Å². The van der Waals surface area contributed by atoms with Crippen LogP contribution >= 0.6 is 7.82 Å². The Morgan fingerprint density at radius 1 is 1.06 bits per heavy atom. The third-order valence-electron chi connectivity index (χ3n) is 8.93. The zero-order valence-corrected chi connectivity index (χ0v) is 31.7. The van der Waals surface area contributed by atoms with E-state index in [1.54, 1.807) is 30.3 Å². The van der Waals surface area contributed by atoms with Crippen molar-refractivity contribution in [2.75, 3.05) is 38.7 Å². The van der Waals surface area contributed by atoms with E-state index in [0.717, 1.165) is 56.3 Å². The van der Waals surface area contributed by atoms with Crippen molar-refractivity contribution >= 4 is 19.5 Å². The maximum atomic E-state index is 9.67. The Morgan fingerprint density at radius 2 is 1.74 bits per heavy atom. The summed E-state index contributed by atoms with van der Waals surface area (Å²) < 4.78 is 35.9. The van der Waals surface area contributed by atoms with Gasteiger partial charge in [0.2, 0.25) is 5.95 Å². The maximum Gasteiger partial charge on any atom is 0.466 e. The maximum absolute atomic E-state index is 9.67. The van der Waals surface area contributed by atoms with Gasteiger partial charge in [-0.25, -0.2) is 19.2 Å². The second kappa shape index (κ2) is 19.2. The van der Waals surface area contributed by atoms with Gasteiger partial charge in [0.15, 0.2) is 0 Å². The van der Waals surface area contributed by atoms with Gasteiger partial charge in [-0.3, -0.25) is 9.58 Å². The molecule has 1 aromatic carbocycles. The van der Waals surface area contributed by atoms with Crippen LogP contribution < -0.4 is 14.8 Å². The lowest BCUT2D eigenvalue weighted by Gasteiger charge is -2.42. The Balaban J connectivity index is 0.00000105. The molecular weight excluding hydrogens is 721 g/mol. The van der Waals surface area contributed by atoms with E-state index in [9.17, 15) is 5.26 Å². The van der Waals surface area contributed by atoms with Gasteiger partial charge in [-0.2, -0.15) is 5.26 Å². The summed E-state index contributed by atoms with van der Waals surface area (Å²) in [5.41, 5.74) is 2.75. The lowest BCUT2D eigenvalue weighted by molar-refractivity contribution is -0.0852. The molecule has 2 fully saturated rings. The number of nitrogens with one attached hydrogen (secondary N) is 1. The lowest BCUT2D eigenvalue weighted by Crippen LogP contribution is -2.51. The first-order valence-electron chi connectivity index (χ1n) is 17.8. The first-order valence-corrected chi connectivity index (χ1v) is 19.3. The molecule has 54 heavy (non-hydrogen) atoms. The predicted octanol–water partition coefficient (Wildman–Crippen LogP) is 3.49. The summed E-state index contributed by atoms with van der Waals surface area (Å²) in [5, 5.41) is 29.1. The summed E-state index contributed by atoms with van der Waals surface area (Å²) in [6.45, 7) is 9.75. The molecule has 0 bridgehead atoms. The van der Waals surface area contributed by atoms with Crippen molar-refractivity contribution in [1.82, 2.24) is 44.9 Å². The zero-order valence-electron chi connectivity index (χ0n) is 30.8. The summed E-state index contributed by atoms with van der Waals surface area (Å²) in [6.07, 6.45) is 12.4. The van der Waals surface area contributed by atoms with Gasteiger partial charge in [-0.05, 0) is 74.6 Å². The van der Waals surface area contributed by atoms with Crippen molar-refractivity contribution in [2.24, 2.45) is 0 Å². The molecule has 3 atom stereocenters. The molecule has 4 heterocycles. The highest BCUT2D eigenvalue weighted by atomic mass is 31.2. The zero-order chi connectivity index (χ0) is 38.7. The van der Waals surface area contributed by atoms with Gasteiger partial charge in [-0.1, -0.05) is 6.07 Å². The number of morpholine rings is 1. The minimum absolute atomic E-state index is 0.270. The molecule has 2 aliphatic rings. The number of phosphoric acid groups is 1. The number of nitriles is 1. The van der Waals surface area contributed by atoms with E-state index in [2.05, 4.69) is 55.6 Å². The number of aromatic nitrogens is 8. The van der Waals surface area contributed by atoms with Crippen molar-refractivity contribution in [3.8, 4) is 28.8 Å². The number of rotatable bonds is 14. The molecule has 4 aromatic rings. The molecule has 19 nitrogen and oxygen atoms in total. The topological polar surface area (TPSA) is 241 Å². The number of tetrazole rings is 1. The highest BCUT2D eigenvalue weighted by molar-refractivity contribution is 7.45. The van der Waals surface area contributed by atoms with Crippen molar-refractivity contribution in [3.63, 3.8) is 0 Å². The second-order valence-corrected chi connectivity index (χ2v) is 14.4. The third kappa shape index (κ3) is 12.2. The molecule has 1 aliphatic heterocycles. The van der Waals surface area contributed by atoms with Gasteiger partial charge in [0, 0.05) is 57.2 Å². The minimum Gasteiger partial charge on any atom is -0.487 e. The number of benzene rings is 1. The van der Waals surface area contributed by atoms with E-state index in [1.807, 2.05) is 29.9 Å². The van der Waals surface area contributed by atoms with Gasteiger partial charge in [0.05, 0.1) is 43.2 Å². The number of hydrogen-bond acceptors (Lipinski definition) is 14. The fraction of sp³-hybridized carbons (Fsp3) is 0.559. The molecule has 1 saturated carbocycles. The van der Waals surface area contributed by atoms with E-state index in [1.165, 1.54) is 6.33 Å². The van der Waals surface area contributed by atoms with Crippen LogP contribution in [0.1, 0.15) is 64.5 Å². The monoisotopic (exact) mass is 769 g/mol. The van der Waals surface area contributed by atoms with Crippen LogP contribution in [0.4, 0.5) is 11.6 Å².